The van der Waals surface area contributed by atoms with Gasteiger partial charge < -0.3 is 16.4 Å². The summed E-state index contributed by atoms with van der Waals surface area (Å²) in [4.78, 5) is 28.8. The van der Waals surface area contributed by atoms with Crippen molar-refractivity contribution in [3.63, 3.8) is 0 Å². The van der Waals surface area contributed by atoms with Crippen LogP contribution in [0, 0.1) is 12.7 Å². The standard InChI is InChI=1S/C18H15FN4O2S/c1-10-5-6-15(21-9-10)23-17(24)16-13(22-18(20)25)8-14(26-16)11-3-2-4-12(19)7-11/h2-9H,1H3,(H3,20,22,25)(H,21,23,24). The summed E-state index contributed by atoms with van der Waals surface area (Å²) in [5, 5.41) is 5.10. The van der Waals surface area contributed by atoms with Crippen LogP contribution in [-0.2, 0) is 0 Å². The number of pyridine rings is 1. The zero-order valence-corrected chi connectivity index (χ0v) is 14.6. The summed E-state index contributed by atoms with van der Waals surface area (Å²) in [7, 11) is 0. The van der Waals surface area contributed by atoms with Gasteiger partial charge in [0.2, 0.25) is 0 Å². The number of carbonyl (C=O) groups is 2. The highest BCUT2D eigenvalue weighted by molar-refractivity contribution is 7.18. The smallest absolute Gasteiger partial charge is 0.316 e. The summed E-state index contributed by atoms with van der Waals surface area (Å²) in [6, 6.07) is 10.2. The van der Waals surface area contributed by atoms with E-state index in [-0.39, 0.29) is 10.6 Å². The molecular formula is C18H15FN4O2S. The molecule has 26 heavy (non-hydrogen) atoms. The molecule has 0 bridgehead atoms. The number of nitrogens with two attached hydrogens (primary N) is 1. The molecular weight excluding hydrogens is 355 g/mol. The number of primary amides is 1. The SMILES string of the molecule is Cc1ccc(NC(=O)c2sc(-c3cccc(F)c3)cc2NC(N)=O)nc1. The van der Waals surface area contributed by atoms with Crippen molar-refractivity contribution in [3.05, 3.63) is 64.9 Å². The van der Waals surface area contributed by atoms with Gasteiger partial charge in [-0.1, -0.05) is 18.2 Å². The Kier molecular flexibility index (Phi) is 4.94. The molecule has 132 valence electrons. The Morgan fingerprint density at radius 2 is 1.96 bits per heavy atom. The van der Waals surface area contributed by atoms with Gasteiger partial charge in [0.1, 0.15) is 16.5 Å². The van der Waals surface area contributed by atoms with Gasteiger partial charge in [-0.25, -0.2) is 14.2 Å². The second-order valence-electron chi connectivity index (χ2n) is 5.53. The lowest BCUT2D eigenvalue weighted by atomic mass is 10.2. The van der Waals surface area contributed by atoms with Gasteiger partial charge in [0, 0.05) is 11.1 Å². The monoisotopic (exact) mass is 370 g/mol. The van der Waals surface area contributed by atoms with Gasteiger partial charge in [-0.3, -0.25) is 4.79 Å². The number of hydrogen-bond donors (Lipinski definition) is 3. The average Bonchev–Trinajstić information content (AvgIpc) is 3.00. The lowest BCUT2D eigenvalue weighted by Crippen LogP contribution is -2.21. The van der Waals surface area contributed by atoms with Crippen LogP contribution in [0.15, 0.2) is 48.7 Å². The molecule has 0 spiro atoms. The van der Waals surface area contributed by atoms with Crippen LogP contribution >= 0.6 is 11.3 Å². The molecule has 2 heterocycles. The third-order valence-electron chi connectivity index (χ3n) is 3.46. The first-order valence-corrected chi connectivity index (χ1v) is 8.44. The van der Waals surface area contributed by atoms with Crippen LogP contribution in [0.25, 0.3) is 10.4 Å². The Labute approximate surface area is 152 Å². The number of nitrogens with one attached hydrogen (secondary N) is 2. The van der Waals surface area contributed by atoms with Crippen molar-refractivity contribution >= 4 is 34.8 Å². The molecule has 8 heteroatoms. The van der Waals surface area contributed by atoms with Gasteiger partial charge in [0.15, 0.2) is 0 Å². The minimum absolute atomic E-state index is 0.241. The second-order valence-corrected chi connectivity index (χ2v) is 6.58. The van der Waals surface area contributed by atoms with Gasteiger partial charge in [-0.15, -0.1) is 11.3 Å². The van der Waals surface area contributed by atoms with Crippen molar-refractivity contribution < 1.29 is 14.0 Å². The molecule has 1 aromatic carbocycles. The Balaban J connectivity index is 1.94. The van der Waals surface area contributed by atoms with Crippen LogP contribution in [0.5, 0.6) is 0 Å². The lowest BCUT2D eigenvalue weighted by molar-refractivity contribution is 0.103. The summed E-state index contributed by atoms with van der Waals surface area (Å²) >= 11 is 1.12. The van der Waals surface area contributed by atoms with Crippen molar-refractivity contribution in [2.24, 2.45) is 5.73 Å². The number of amides is 3. The molecule has 0 fully saturated rings. The predicted molar refractivity (Wildman–Crippen MR) is 99.8 cm³/mol. The summed E-state index contributed by atoms with van der Waals surface area (Å²) in [5.74, 6) is -0.459. The fourth-order valence-corrected chi connectivity index (χ4v) is 3.29. The van der Waals surface area contributed by atoms with E-state index in [2.05, 4.69) is 15.6 Å². The number of carbonyl (C=O) groups excluding carboxylic acids is 2. The first-order chi connectivity index (χ1) is 12.4. The van der Waals surface area contributed by atoms with Gasteiger partial charge in [-0.2, -0.15) is 0 Å². The Morgan fingerprint density at radius 1 is 1.15 bits per heavy atom. The Hall–Kier alpha value is -3.26. The van der Waals surface area contributed by atoms with Crippen molar-refractivity contribution in [1.82, 2.24) is 4.98 Å². The first-order valence-electron chi connectivity index (χ1n) is 7.62. The van der Waals surface area contributed by atoms with E-state index in [1.165, 1.54) is 12.1 Å². The molecule has 0 unspecified atom stereocenters. The molecule has 3 rings (SSSR count). The normalized spacial score (nSPS) is 10.4. The number of hydrogen-bond acceptors (Lipinski definition) is 4. The van der Waals surface area contributed by atoms with E-state index < -0.39 is 17.8 Å². The minimum atomic E-state index is -0.795. The topological polar surface area (TPSA) is 97.1 Å². The molecule has 4 N–H and O–H groups in total. The third kappa shape index (κ3) is 4.04. The van der Waals surface area contributed by atoms with Crippen molar-refractivity contribution in [3.8, 4) is 10.4 Å². The molecule has 0 aliphatic carbocycles. The van der Waals surface area contributed by atoms with E-state index in [1.807, 2.05) is 13.0 Å². The molecule has 3 aromatic rings. The van der Waals surface area contributed by atoms with E-state index in [4.69, 9.17) is 5.73 Å². The molecule has 2 aromatic heterocycles. The van der Waals surface area contributed by atoms with Crippen LogP contribution < -0.4 is 16.4 Å². The van der Waals surface area contributed by atoms with Crippen LogP contribution in [0.4, 0.5) is 20.7 Å². The average molecular weight is 370 g/mol. The van der Waals surface area contributed by atoms with Crippen molar-refractivity contribution in [2.75, 3.05) is 10.6 Å². The maximum absolute atomic E-state index is 13.5. The van der Waals surface area contributed by atoms with E-state index in [1.54, 1.807) is 30.5 Å². The number of benzene rings is 1. The summed E-state index contributed by atoms with van der Waals surface area (Å²) in [6.07, 6.45) is 1.63. The molecule has 0 atom stereocenters. The van der Waals surface area contributed by atoms with Crippen LogP contribution in [0.1, 0.15) is 15.2 Å². The quantitative estimate of drug-likeness (QED) is 0.647. The number of rotatable bonds is 4. The highest BCUT2D eigenvalue weighted by atomic mass is 32.1. The molecule has 6 nitrogen and oxygen atoms in total. The number of aromatic nitrogens is 1. The molecule has 0 radical (unpaired) electrons. The summed E-state index contributed by atoms with van der Waals surface area (Å²) < 4.78 is 13.5. The number of aryl methyl sites for hydroxylation is 1. The zero-order chi connectivity index (χ0) is 18.7. The van der Waals surface area contributed by atoms with Crippen LogP contribution in [-0.4, -0.2) is 16.9 Å². The molecule has 0 saturated heterocycles. The van der Waals surface area contributed by atoms with Crippen molar-refractivity contribution in [2.45, 2.75) is 6.92 Å². The largest absolute Gasteiger partial charge is 0.351 e. The number of nitrogens with zero attached hydrogens (tertiary/aromatic N) is 1. The molecule has 0 saturated carbocycles. The zero-order valence-electron chi connectivity index (χ0n) is 13.7. The van der Waals surface area contributed by atoms with E-state index in [0.717, 1.165) is 16.9 Å². The van der Waals surface area contributed by atoms with E-state index in [9.17, 15) is 14.0 Å². The van der Waals surface area contributed by atoms with E-state index >= 15 is 0 Å². The van der Waals surface area contributed by atoms with E-state index in [0.29, 0.717) is 16.3 Å². The van der Waals surface area contributed by atoms with Crippen molar-refractivity contribution in [1.29, 1.82) is 0 Å². The summed E-state index contributed by atoms with van der Waals surface area (Å²) in [5.41, 5.74) is 7.00. The Bertz CT molecular complexity index is 970. The highest BCUT2D eigenvalue weighted by Gasteiger charge is 2.19. The van der Waals surface area contributed by atoms with Gasteiger partial charge in [-0.05, 0) is 42.3 Å². The maximum atomic E-state index is 13.5. The minimum Gasteiger partial charge on any atom is -0.351 e. The lowest BCUT2D eigenvalue weighted by Gasteiger charge is -2.05. The second kappa shape index (κ2) is 7.32. The Morgan fingerprint density at radius 3 is 2.62 bits per heavy atom. The van der Waals surface area contributed by atoms with Gasteiger partial charge >= 0.3 is 6.03 Å². The predicted octanol–water partition coefficient (Wildman–Crippen LogP) is 4.00. The number of anilines is 2. The first kappa shape index (κ1) is 17.6. The molecule has 0 aliphatic rings. The van der Waals surface area contributed by atoms with Gasteiger partial charge in [0.05, 0.1) is 5.69 Å². The molecule has 3 amide bonds. The number of urea groups is 1. The van der Waals surface area contributed by atoms with Crippen LogP contribution in [0.2, 0.25) is 0 Å². The number of halogens is 1. The third-order valence-corrected chi connectivity index (χ3v) is 4.64. The fourth-order valence-electron chi connectivity index (χ4n) is 2.28. The fraction of sp³-hybridized carbons (Fsp3) is 0.0556. The van der Waals surface area contributed by atoms with Gasteiger partial charge in [0.25, 0.3) is 5.91 Å². The summed E-state index contributed by atoms with van der Waals surface area (Å²) in [6.45, 7) is 1.89. The van der Waals surface area contributed by atoms with Crippen LogP contribution in [0.3, 0.4) is 0 Å². The number of thiophene rings is 1. The molecule has 0 aliphatic heterocycles. The maximum Gasteiger partial charge on any atom is 0.316 e. The highest BCUT2D eigenvalue weighted by Crippen LogP contribution is 2.35.